The van der Waals surface area contributed by atoms with Gasteiger partial charge in [0, 0.05) is 17.0 Å². The smallest absolute Gasteiger partial charge is 0.269 e. The van der Waals surface area contributed by atoms with Crippen LogP contribution in [0.4, 0.5) is 0 Å². The molecule has 0 bridgehead atoms. The molecule has 5 nitrogen and oxygen atoms in total. The van der Waals surface area contributed by atoms with Crippen molar-refractivity contribution in [3.05, 3.63) is 76.8 Å². The lowest BCUT2D eigenvalue weighted by Crippen LogP contribution is -2.42. The maximum atomic E-state index is 12.1. The molecule has 2 aromatic rings. The first-order valence-corrected chi connectivity index (χ1v) is 9.21. The van der Waals surface area contributed by atoms with E-state index >= 15 is 0 Å². The van der Waals surface area contributed by atoms with Gasteiger partial charge in [0.15, 0.2) is 0 Å². The molecule has 0 heterocycles. The van der Waals surface area contributed by atoms with Crippen LogP contribution in [0.2, 0.25) is 5.02 Å². The number of hydrazine groups is 1. The highest BCUT2D eigenvalue weighted by atomic mass is 35.5. The van der Waals surface area contributed by atoms with Crippen molar-refractivity contribution in [1.29, 1.82) is 0 Å². The fourth-order valence-corrected chi connectivity index (χ4v) is 2.93. The van der Waals surface area contributed by atoms with E-state index in [0.717, 1.165) is 24.2 Å². The van der Waals surface area contributed by atoms with Crippen LogP contribution >= 0.6 is 11.6 Å². The summed E-state index contributed by atoms with van der Waals surface area (Å²) in [7, 11) is 0. The summed E-state index contributed by atoms with van der Waals surface area (Å²) in [5, 5.41) is 0.657. The summed E-state index contributed by atoms with van der Waals surface area (Å²) in [6.45, 7) is 0.384. The number of rotatable bonds is 6. The van der Waals surface area contributed by atoms with Gasteiger partial charge in [-0.05, 0) is 60.7 Å². The monoisotopic (exact) mass is 384 g/mol. The largest absolute Gasteiger partial charge is 0.489 e. The minimum absolute atomic E-state index is 0.187. The van der Waals surface area contributed by atoms with E-state index in [1.807, 2.05) is 18.2 Å². The molecule has 0 aliphatic heterocycles. The molecule has 0 radical (unpaired) electrons. The predicted molar refractivity (Wildman–Crippen MR) is 104 cm³/mol. The van der Waals surface area contributed by atoms with Gasteiger partial charge in [-0.3, -0.25) is 20.4 Å². The van der Waals surface area contributed by atoms with E-state index in [1.165, 1.54) is 0 Å². The molecule has 1 atom stereocenters. The van der Waals surface area contributed by atoms with Crippen molar-refractivity contribution in [1.82, 2.24) is 10.9 Å². The molecule has 0 saturated heterocycles. The molecule has 1 unspecified atom stereocenters. The van der Waals surface area contributed by atoms with E-state index in [9.17, 15) is 9.59 Å². The summed E-state index contributed by atoms with van der Waals surface area (Å²) in [4.78, 5) is 24.0. The highest BCUT2D eigenvalue weighted by Gasteiger charge is 2.14. The number of carbonyl (C=O) groups is 2. The van der Waals surface area contributed by atoms with E-state index in [2.05, 4.69) is 16.9 Å². The number of nitrogens with one attached hydrogen (secondary N) is 2. The third-order valence-electron chi connectivity index (χ3n) is 4.31. The Kier molecular flexibility index (Phi) is 6.49. The lowest BCUT2D eigenvalue weighted by molar-refractivity contribution is -0.122. The molecule has 140 valence electrons. The predicted octanol–water partition coefficient (Wildman–Crippen LogP) is 4.04. The van der Waals surface area contributed by atoms with Gasteiger partial charge in [-0.25, -0.2) is 0 Å². The van der Waals surface area contributed by atoms with Crippen LogP contribution in [0.1, 0.15) is 35.2 Å². The third-order valence-corrected chi connectivity index (χ3v) is 4.56. The zero-order valence-electron chi connectivity index (χ0n) is 14.8. The minimum atomic E-state index is -0.351. The number of amides is 2. The maximum Gasteiger partial charge on any atom is 0.269 e. The Morgan fingerprint density at radius 1 is 1.04 bits per heavy atom. The van der Waals surface area contributed by atoms with Gasteiger partial charge in [-0.2, -0.15) is 0 Å². The number of benzene rings is 2. The van der Waals surface area contributed by atoms with Crippen molar-refractivity contribution in [3.8, 4) is 5.75 Å². The van der Waals surface area contributed by atoms with Crippen LogP contribution in [0.5, 0.6) is 5.75 Å². The van der Waals surface area contributed by atoms with Crippen LogP contribution in [0, 0.1) is 5.92 Å². The van der Waals surface area contributed by atoms with Gasteiger partial charge in [-0.1, -0.05) is 35.9 Å². The van der Waals surface area contributed by atoms with Gasteiger partial charge in [0.1, 0.15) is 12.4 Å². The number of ether oxygens (including phenoxy) is 1. The van der Waals surface area contributed by atoms with Crippen LogP contribution in [-0.2, 0) is 11.4 Å². The van der Waals surface area contributed by atoms with Gasteiger partial charge in [0.2, 0.25) is 5.91 Å². The number of halogens is 1. The van der Waals surface area contributed by atoms with E-state index in [-0.39, 0.29) is 17.7 Å². The van der Waals surface area contributed by atoms with Gasteiger partial charge in [0.25, 0.3) is 5.91 Å². The summed E-state index contributed by atoms with van der Waals surface area (Å²) in [5.41, 5.74) is 6.31. The SMILES string of the molecule is O=C(CC1C=CCC1)NNC(=O)c1ccc(COc2ccc(Cl)cc2)cc1. The molecular formula is C21H21ClN2O3. The highest BCUT2D eigenvalue weighted by Crippen LogP contribution is 2.20. The van der Waals surface area contributed by atoms with Gasteiger partial charge >= 0.3 is 0 Å². The molecule has 0 spiro atoms. The van der Waals surface area contributed by atoms with Crippen LogP contribution in [0.3, 0.4) is 0 Å². The third kappa shape index (κ3) is 5.86. The van der Waals surface area contributed by atoms with E-state index in [4.69, 9.17) is 16.3 Å². The first kappa shape index (κ1) is 19.0. The van der Waals surface area contributed by atoms with E-state index < -0.39 is 0 Å². The van der Waals surface area contributed by atoms with Crippen molar-refractivity contribution < 1.29 is 14.3 Å². The maximum absolute atomic E-state index is 12.1. The molecule has 2 N–H and O–H groups in total. The van der Waals surface area contributed by atoms with Gasteiger partial charge in [-0.15, -0.1) is 0 Å². The minimum Gasteiger partial charge on any atom is -0.489 e. The zero-order chi connectivity index (χ0) is 19.1. The zero-order valence-corrected chi connectivity index (χ0v) is 15.5. The topological polar surface area (TPSA) is 67.4 Å². The Bertz CT molecular complexity index is 816. The Morgan fingerprint density at radius 3 is 2.44 bits per heavy atom. The van der Waals surface area contributed by atoms with Crippen molar-refractivity contribution in [2.45, 2.75) is 25.9 Å². The second kappa shape index (κ2) is 9.24. The van der Waals surface area contributed by atoms with Gasteiger partial charge < -0.3 is 4.74 Å². The number of hydrogen-bond acceptors (Lipinski definition) is 3. The molecule has 2 amide bonds. The van der Waals surface area contributed by atoms with Crippen molar-refractivity contribution in [2.24, 2.45) is 5.92 Å². The van der Waals surface area contributed by atoms with Crippen LogP contribution in [0.15, 0.2) is 60.7 Å². The average Bonchev–Trinajstić information content (AvgIpc) is 3.19. The Balaban J connectivity index is 1.44. The molecule has 3 rings (SSSR count). The quantitative estimate of drug-likeness (QED) is 0.583. The van der Waals surface area contributed by atoms with Crippen LogP contribution in [0.25, 0.3) is 0 Å². The summed E-state index contributed by atoms with van der Waals surface area (Å²) < 4.78 is 5.67. The number of hydrogen-bond donors (Lipinski definition) is 2. The molecular weight excluding hydrogens is 364 g/mol. The fraction of sp³-hybridized carbons (Fsp3) is 0.238. The number of carbonyl (C=O) groups excluding carboxylic acids is 2. The summed E-state index contributed by atoms with van der Waals surface area (Å²) in [6, 6.07) is 14.2. The Hall–Kier alpha value is -2.79. The summed E-state index contributed by atoms with van der Waals surface area (Å²) in [5.74, 6) is 0.450. The first-order valence-electron chi connectivity index (χ1n) is 8.83. The van der Waals surface area contributed by atoms with E-state index in [0.29, 0.717) is 23.6 Å². The second-order valence-electron chi connectivity index (χ2n) is 6.41. The molecule has 0 fully saturated rings. The van der Waals surface area contributed by atoms with Crippen molar-refractivity contribution in [3.63, 3.8) is 0 Å². The fourth-order valence-electron chi connectivity index (χ4n) is 2.80. The highest BCUT2D eigenvalue weighted by molar-refractivity contribution is 6.30. The normalized spacial score (nSPS) is 15.4. The molecule has 0 saturated carbocycles. The van der Waals surface area contributed by atoms with Crippen molar-refractivity contribution >= 4 is 23.4 Å². The second-order valence-corrected chi connectivity index (χ2v) is 6.85. The molecule has 2 aromatic carbocycles. The van der Waals surface area contributed by atoms with Gasteiger partial charge in [0.05, 0.1) is 0 Å². The lowest BCUT2D eigenvalue weighted by Gasteiger charge is -2.10. The number of allylic oxidation sites excluding steroid dienone is 2. The molecule has 27 heavy (non-hydrogen) atoms. The summed E-state index contributed by atoms with van der Waals surface area (Å²) in [6.07, 6.45) is 6.51. The Morgan fingerprint density at radius 2 is 1.78 bits per heavy atom. The molecule has 0 aromatic heterocycles. The molecule has 1 aliphatic carbocycles. The van der Waals surface area contributed by atoms with Crippen molar-refractivity contribution in [2.75, 3.05) is 0 Å². The van der Waals surface area contributed by atoms with E-state index in [1.54, 1.807) is 36.4 Å². The lowest BCUT2D eigenvalue weighted by atomic mass is 10.1. The molecule has 6 heteroatoms. The summed E-state index contributed by atoms with van der Waals surface area (Å²) >= 11 is 5.84. The standard InChI is InChI=1S/C21H21ClN2O3/c22-18-9-11-19(12-10-18)27-14-16-5-7-17(8-6-16)21(26)24-23-20(25)13-15-3-1-2-4-15/h1,3,5-12,15H,2,4,13-14H2,(H,23,25)(H,24,26). The van der Waals surface area contributed by atoms with Crippen LogP contribution < -0.4 is 15.6 Å². The molecule has 1 aliphatic rings. The average molecular weight is 385 g/mol. The first-order chi connectivity index (χ1) is 13.1. The Labute approximate surface area is 163 Å². The van der Waals surface area contributed by atoms with Crippen LogP contribution in [-0.4, -0.2) is 11.8 Å².